The van der Waals surface area contributed by atoms with E-state index in [-0.39, 0.29) is 12.5 Å². The van der Waals surface area contributed by atoms with E-state index in [1.807, 2.05) is 41.7 Å². The highest BCUT2D eigenvalue weighted by Crippen LogP contribution is 2.48. The van der Waals surface area contributed by atoms with Gasteiger partial charge in [-0.1, -0.05) is 31.0 Å². The summed E-state index contributed by atoms with van der Waals surface area (Å²) in [4.78, 5) is 14.4. The van der Waals surface area contributed by atoms with Crippen molar-refractivity contribution in [3.05, 3.63) is 29.8 Å². The third-order valence-corrected chi connectivity index (χ3v) is 11.1. The van der Waals surface area contributed by atoms with Crippen LogP contribution in [0, 0.1) is 0 Å². The van der Waals surface area contributed by atoms with Crippen LogP contribution in [0.3, 0.4) is 0 Å². The normalized spacial score (nSPS) is 22.4. The second-order valence-corrected chi connectivity index (χ2v) is 12.7. The Labute approximate surface area is 194 Å². The predicted molar refractivity (Wildman–Crippen MR) is 127 cm³/mol. The van der Waals surface area contributed by atoms with Crippen LogP contribution >= 0.6 is 23.5 Å². The zero-order chi connectivity index (χ0) is 21.7. The van der Waals surface area contributed by atoms with E-state index < -0.39 is 10.2 Å². The van der Waals surface area contributed by atoms with E-state index in [0.717, 1.165) is 48.5 Å². The van der Waals surface area contributed by atoms with Crippen molar-refractivity contribution in [1.29, 1.82) is 0 Å². The van der Waals surface area contributed by atoms with Crippen LogP contribution in [-0.4, -0.2) is 85.2 Å². The molecule has 0 radical (unpaired) electrons. The van der Waals surface area contributed by atoms with E-state index in [1.54, 1.807) is 9.21 Å². The van der Waals surface area contributed by atoms with Crippen molar-refractivity contribution >= 4 is 39.6 Å². The maximum absolute atomic E-state index is 13.0. The fraction of sp³-hybridized carbons (Fsp3) is 0.667. The van der Waals surface area contributed by atoms with Crippen molar-refractivity contribution in [2.75, 3.05) is 57.4 Å². The number of rotatable bonds is 6. The van der Waals surface area contributed by atoms with Crippen molar-refractivity contribution in [3.63, 3.8) is 0 Å². The molecule has 0 aliphatic carbocycles. The molecule has 0 aromatic heterocycles. The first-order chi connectivity index (χ1) is 15.1. The monoisotopic (exact) mass is 485 g/mol. The van der Waals surface area contributed by atoms with Gasteiger partial charge in [-0.2, -0.15) is 17.0 Å². The minimum Gasteiger partial charge on any atom is -0.483 e. The highest BCUT2D eigenvalue weighted by Gasteiger charge is 2.33. The Morgan fingerprint density at radius 2 is 1.52 bits per heavy atom. The van der Waals surface area contributed by atoms with E-state index in [9.17, 15) is 13.2 Å². The highest BCUT2D eigenvalue weighted by molar-refractivity contribution is 8.19. The first-order valence-electron chi connectivity index (χ1n) is 11.0. The lowest BCUT2D eigenvalue weighted by atomic mass is 10.2. The van der Waals surface area contributed by atoms with Crippen LogP contribution in [0.1, 0.15) is 35.8 Å². The Kier molecular flexibility index (Phi) is 8.08. The largest absolute Gasteiger partial charge is 0.483 e. The molecule has 1 amide bonds. The van der Waals surface area contributed by atoms with Gasteiger partial charge in [-0.15, -0.1) is 23.5 Å². The number of benzene rings is 1. The number of para-hydroxylation sites is 1. The van der Waals surface area contributed by atoms with Crippen LogP contribution in [0.2, 0.25) is 0 Å². The molecule has 7 nitrogen and oxygen atoms in total. The SMILES string of the molecule is O=C(COc1ccccc1C1SCCS1)N1CCN(S(=O)(=O)N2CCCCCC2)CC1. The second-order valence-electron chi connectivity index (χ2n) is 8.00. The van der Waals surface area contributed by atoms with Gasteiger partial charge in [0.25, 0.3) is 16.1 Å². The number of ether oxygens (including phenoxy) is 1. The van der Waals surface area contributed by atoms with E-state index in [4.69, 9.17) is 4.74 Å². The van der Waals surface area contributed by atoms with Crippen LogP contribution in [0.5, 0.6) is 5.75 Å². The first kappa shape index (κ1) is 23.2. The van der Waals surface area contributed by atoms with Gasteiger partial charge in [0.15, 0.2) is 6.61 Å². The summed E-state index contributed by atoms with van der Waals surface area (Å²) in [6.45, 7) is 2.69. The molecule has 0 saturated carbocycles. The molecule has 0 spiro atoms. The van der Waals surface area contributed by atoms with Crippen LogP contribution in [-0.2, 0) is 15.0 Å². The van der Waals surface area contributed by atoms with E-state index in [0.29, 0.717) is 43.9 Å². The average molecular weight is 486 g/mol. The number of amides is 1. The fourth-order valence-electron chi connectivity index (χ4n) is 4.18. The molecule has 3 aliphatic rings. The fourth-order valence-corrected chi connectivity index (χ4v) is 8.76. The Morgan fingerprint density at radius 3 is 2.19 bits per heavy atom. The van der Waals surface area contributed by atoms with Gasteiger partial charge in [-0.25, -0.2) is 0 Å². The summed E-state index contributed by atoms with van der Waals surface area (Å²) in [6, 6.07) is 7.93. The number of hydrogen-bond donors (Lipinski definition) is 0. The lowest BCUT2D eigenvalue weighted by Gasteiger charge is -2.36. The quantitative estimate of drug-likeness (QED) is 0.617. The minimum atomic E-state index is -3.44. The summed E-state index contributed by atoms with van der Waals surface area (Å²) < 4.78 is 35.4. The molecule has 10 heteroatoms. The summed E-state index contributed by atoms with van der Waals surface area (Å²) in [5.41, 5.74) is 1.14. The summed E-state index contributed by atoms with van der Waals surface area (Å²) in [5, 5.41) is 0. The van der Waals surface area contributed by atoms with Gasteiger partial charge in [0, 0.05) is 56.3 Å². The molecule has 4 rings (SSSR count). The van der Waals surface area contributed by atoms with Crippen LogP contribution in [0.25, 0.3) is 0 Å². The number of thioether (sulfide) groups is 2. The zero-order valence-electron chi connectivity index (χ0n) is 17.8. The average Bonchev–Trinajstić information content (AvgIpc) is 3.19. The molecule has 0 bridgehead atoms. The van der Waals surface area contributed by atoms with Crippen molar-refractivity contribution in [2.24, 2.45) is 0 Å². The Bertz CT molecular complexity index is 845. The number of nitrogens with zero attached hydrogens (tertiary/aromatic N) is 3. The van der Waals surface area contributed by atoms with Gasteiger partial charge in [0.2, 0.25) is 0 Å². The molecule has 31 heavy (non-hydrogen) atoms. The predicted octanol–water partition coefficient (Wildman–Crippen LogP) is 2.81. The summed E-state index contributed by atoms with van der Waals surface area (Å²) >= 11 is 3.82. The third kappa shape index (κ3) is 5.71. The minimum absolute atomic E-state index is 0.0159. The van der Waals surface area contributed by atoms with E-state index in [2.05, 4.69) is 6.07 Å². The molecular weight excluding hydrogens is 454 g/mol. The maximum atomic E-state index is 13.0. The Hall–Kier alpha value is -0.940. The van der Waals surface area contributed by atoms with Crippen LogP contribution < -0.4 is 4.74 Å². The zero-order valence-corrected chi connectivity index (χ0v) is 20.2. The maximum Gasteiger partial charge on any atom is 0.282 e. The van der Waals surface area contributed by atoms with Crippen molar-refractivity contribution in [2.45, 2.75) is 30.3 Å². The Morgan fingerprint density at radius 1 is 0.903 bits per heavy atom. The highest BCUT2D eigenvalue weighted by atomic mass is 32.2. The van der Waals surface area contributed by atoms with E-state index >= 15 is 0 Å². The first-order valence-corrected chi connectivity index (χ1v) is 14.5. The third-order valence-electron chi connectivity index (χ3n) is 5.95. The standard InChI is InChI=1S/C21H31N3O4S3/c25-20(17-28-19-8-4-3-7-18(19)21-29-15-16-30-21)22-11-13-24(14-12-22)31(26,27)23-9-5-1-2-6-10-23/h3-4,7-8,21H,1-2,5-6,9-17H2. The molecular formula is C21H31N3O4S3. The van der Waals surface area contributed by atoms with Gasteiger partial charge in [0.1, 0.15) is 5.75 Å². The molecule has 3 heterocycles. The summed E-state index contributed by atoms with van der Waals surface area (Å²) in [6.07, 6.45) is 4.04. The van der Waals surface area contributed by atoms with Gasteiger partial charge in [-0.3, -0.25) is 4.79 Å². The van der Waals surface area contributed by atoms with Crippen molar-refractivity contribution < 1.29 is 17.9 Å². The van der Waals surface area contributed by atoms with Gasteiger partial charge in [-0.05, 0) is 18.9 Å². The summed E-state index contributed by atoms with van der Waals surface area (Å²) in [7, 11) is -3.44. The van der Waals surface area contributed by atoms with Crippen LogP contribution in [0.15, 0.2) is 24.3 Å². The van der Waals surface area contributed by atoms with Crippen molar-refractivity contribution in [1.82, 2.24) is 13.5 Å². The second kappa shape index (κ2) is 10.8. The Balaban J connectivity index is 1.29. The lowest BCUT2D eigenvalue weighted by molar-refractivity contribution is -0.134. The number of carbonyl (C=O) groups excluding carboxylic acids is 1. The van der Waals surface area contributed by atoms with Crippen molar-refractivity contribution in [3.8, 4) is 5.75 Å². The lowest BCUT2D eigenvalue weighted by Crippen LogP contribution is -2.55. The smallest absolute Gasteiger partial charge is 0.282 e. The van der Waals surface area contributed by atoms with Gasteiger partial charge >= 0.3 is 0 Å². The van der Waals surface area contributed by atoms with E-state index in [1.165, 1.54) is 4.31 Å². The number of carbonyl (C=O) groups is 1. The molecule has 1 aromatic rings. The molecule has 1 aromatic carbocycles. The molecule has 0 N–H and O–H groups in total. The molecule has 3 saturated heterocycles. The molecule has 0 unspecified atom stereocenters. The van der Waals surface area contributed by atoms with Gasteiger partial charge < -0.3 is 9.64 Å². The number of hydrogen-bond acceptors (Lipinski definition) is 6. The van der Waals surface area contributed by atoms with Crippen LogP contribution in [0.4, 0.5) is 0 Å². The summed E-state index contributed by atoms with van der Waals surface area (Å²) in [5.74, 6) is 2.94. The van der Waals surface area contributed by atoms with Gasteiger partial charge in [0.05, 0.1) is 4.58 Å². The molecule has 3 fully saturated rings. The molecule has 172 valence electrons. The topological polar surface area (TPSA) is 70.2 Å². The number of piperazine rings is 1. The molecule has 3 aliphatic heterocycles. The molecule has 0 atom stereocenters.